The molecule has 2 N–H and O–H groups in total. The van der Waals surface area contributed by atoms with Gasteiger partial charge in [-0.1, -0.05) is 36.4 Å². The molecule has 0 saturated heterocycles. The molecule has 3 aromatic carbocycles. The second kappa shape index (κ2) is 10.2. The number of pyridine rings is 1. The summed E-state index contributed by atoms with van der Waals surface area (Å²) in [5.74, 6) is -0.0114. The number of hydrogen-bond donors (Lipinski definition) is 2. The number of nitrogens with one attached hydrogen (secondary N) is 2. The second-order valence-electron chi connectivity index (χ2n) is 8.47. The van der Waals surface area contributed by atoms with Gasteiger partial charge in [0.2, 0.25) is 0 Å². The molecular weight excluding hydrogens is 546 g/mol. The number of carbonyl (C=O) groups is 2. The monoisotopic (exact) mass is 565 g/mol. The highest BCUT2D eigenvalue weighted by atomic mass is 79.9. The number of aromatic nitrogens is 1. The third kappa shape index (κ3) is 4.63. The first-order valence-corrected chi connectivity index (χ1v) is 12.3. The summed E-state index contributed by atoms with van der Waals surface area (Å²) < 4.78 is 0.502. The first-order valence-electron chi connectivity index (χ1n) is 11.5. The Balaban J connectivity index is 1.61. The van der Waals surface area contributed by atoms with Gasteiger partial charge in [-0.15, -0.1) is 10.2 Å². The van der Waals surface area contributed by atoms with Crippen molar-refractivity contribution in [1.29, 1.82) is 5.26 Å². The number of rotatable bonds is 6. The van der Waals surface area contributed by atoms with Gasteiger partial charge in [0.15, 0.2) is 11.6 Å². The number of para-hydroxylation sites is 2. The van der Waals surface area contributed by atoms with E-state index in [0.717, 1.165) is 16.3 Å². The largest absolute Gasteiger partial charge is 0.339 e. The molecule has 5 rings (SSSR count). The molecule has 0 aliphatic carbocycles. The lowest BCUT2D eigenvalue weighted by Crippen LogP contribution is -2.24. The molecule has 0 radical (unpaired) electrons. The summed E-state index contributed by atoms with van der Waals surface area (Å²) in [6, 6.07) is 24.2. The van der Waals surface area contributed by atoms with E-state index in [4.69, 9.17) is 4.98 Å². The van der Waals surface area contributed by atoms with Crippen molar-refractivity contribution in [3.8, 4) is 6.07 Å². The van der Waals surface area contributed by atoms with Crippen molar-refractivity contribution in [2.75, 3.05) is 17.7 Å². The second-order valence-corrected chi connectivity index (χ2v) is 9.32. The average Bonchev–Trinajstić information content (AvgIpc) is 3.12. The highest BCUT2D eigenvalue weighted by Gasteiger charge is 2.33. The standard InChI is InChI=1S/C28H20BrN7O2/c1-16-21(15-30)25(31-17-9-5-3-6-10-17)33-26(32-18-11-7-4-8-12-18)24(16)35-34-23-14-20-19(13-22(23)29)27(37)36(2)28(20)38/h3-14H,1-2H3,(H2,31,32,33). The maximum atomic E-state index is 12.5. The molecule has 0 spiro atoms. The van der Waals surface area contributed by atoms with E-state index < -0.39 is 5.91 Å². The van der Waals surface area contributed by atoms with Crippen LogP contribution in [0.25, 0.3) is 0 Å². The van der Waals surface area contributed by atoms with Gasteiger partial charge in [0.25, 0.3) is 11.8 Å². The van der Waals surface area contributed by atoms with E-state index in [1.165, 1.54) is 13.1 Å². The topological polar surface area (TPSA) is 123 Å². The van der Waals surface area contributed by atoms with Gasteiger partial charge in [-0.2, -0.15) is 5.26 Å². The van der Waals surface area contributed by atoms with Crippen molar-refractivity contribution >= 4 is 62.1 Å². The fraction of sp³-hybridized carbons (Fsp3) is 0.0714. The number of amides is 2. The summed E-state index contributed by atoms with van der Waals surface area (Å²) in [6.45, 7) is 1.77. The number of fused-ring (bicyclic) bond motifs is 1. The fourth-order valence-corrected chi connectivity index (χ4v) is 4.42. The van der Waals surface area contributed by atoms with E-state index in [2.05, 4.69) is 42.9 Å². The van der Waals surface area contributed by atoms with Gasteiger partial charge in [-0.05, 0) is 59.3 Å². The van der Waals surface area contributed by atoms with Crippen molar-refractivity contribution in [2.24, 2.45) is 10.2 Å². The molecule has 0 atom stereocenters. The fourth-order valence-electron chi connectivity index (χ4n) is 4.00. The van der Waals surface area contributed by atoms with Crippen molar-refractivity contribution in [3.05, 3.63) is 99.5 Å². The van der Waals surface area contributed by atoms with Crippen LogP contribution >= 0.6 is 15.9 Å². The van der Waals surface area contributed by atoms with Crippen LogP contribution in [0.1, 0.15) is 31.8 Å². The Morgan fingerprint density at radius 2 is 1.42 bits per heavy atom. The van der Waals surface area contributed by atoms with Gasteiger partial charge in [0, 0.05) is 28.5 Å². The van der Waals surface area contributed by atoms with Gasteiger partial charge in [0.1, 0.15) is 17.4 Å². The van der Waals surface area contributed by atoms with Gasteiger partial charge in [-0.3, -0.25) is 14.5 Å². The molecule has 0 saturated carbocycles. The predicted molar refractivity (Wildman–Crippen MR) is 148 cm³/mol. The molecule has 0 unspecified atom stereocenters. The number of azo groups is 1. The quantitative estimate of drug-likeness (QED) is 0.189. The van der Waals surface area contributed by atoms with Crippen LogP contribution in [0.4, 0.5) is 34.4 Å². The molecule has 1 aliphatic heterocycles. The first-order chi connectivity index (χ1) is 18.4. The molecule has 186 valence electrons. The molecule has 10 heteroatoms. The molecule has 2 heterocycles. The Bertz CT molecular complexity index is 1650. The first kappa shape index (κ1) is 24.8. The van der Waals surface area contributed by atoms with Crippen LogP contribution in [-0.2, 0) is 0 Å². The zero-order valence-corrected chi connectivity index (χ0v) is 21.9. The van der Waals surface area contributed by atoms with Crippen molar-refractivity contribution < 1.29 is 9.59 Å². The Morgan fingerprint density at radius 1 is 0.868 bits per heavy atom. The van der Waals surface area contributed by atoms with E-state index in [1.54, 1.807) is 13.0 Å². The highest BCUT2D eigenvalue weighted by molar-refractivity contribution is 9.10. The molecule has 1 aromatic heterocycles. The van der Waals surface area contributed by atoms with Crippen LogP contribution in [0, 0.1) is 18.3 Å². The van der Waals surface area contributed by atoms with E-state index in [9.17, 15) is 14.9 Å². The third-order valence-electron chi connectivity index (χ3n) is 6.01. The summed E-state index contributed by atoms with van der Waals surface area (Å²) in [5, 5.41) is 25.3. The SMILES string of the molecule is Cc1c(C#N)c(Nc2ccccc2)nc(Nc2ccccc2)c1N=Nc1cc2c(cc1Br)C(=O)N(C)C2=O. The van der Waals surface area contributed by atoms with E-state index >= 15 is 0 Å². The molecule has 1 aliphatic rings. The summed E-state index contributed by atoms with van der Waals surface area (Å²) in [6.07, 6.45) is 0. The zero-order chi connectivity index (χ0) is 26.8. The van der Waals surface area contributed by atoms with E-state index in [0.29, 0.717) is 44.2 Å². The Labute approximate surface area is 227 Å². The Morgan fingerprint density at radius 3 is 2.00 bits per heavy atom. The van der Waals surface area contributed by atoms with Gasteiger partial charge in [-0.25, -0.2) is 4.98 Å². The third-order valence-corrected chi connectivity index (χ3v) is 6.65. The lowest BCUT2D eigenvalue weighted by atomic mass is 10.1. The molecule has 0 fully saturated rings. The molecule has 9 nitrogen and oxygen atoms in total. The van der Waals surface area contributed by atoms with Crippen LogP contribution in [0.5, 0.6) is 0 Å². The molecule has 38 heavy (non-hydrogen) atoms. The number of anilines is 4. The Kier molecular flexibility index (Phi) is 6.68. The summed E-state index contributed by atoms with van der Waals surface area (Å²) in [4.78, 5) is 30.6. The summed E-state index contributed by atoms with van der Waals surface area (Å²) >= 11 is 3.43. The van der Waals surface area contributed by atoms with Crippen molar-refractivity contribution in [2.45, 2.75) is 6.92 Å². The van der Waals surface area contributed by atoms with E-state index in [-0.39, 0.29) is 11.5 Å². The molecule has 2 amide bonds. The minimum Gasteiger partial charge on any atom is -0.339 e. The summed E-state index contributed by atoms with van der Waals surface area (Å²) in [5.41, 5.74) is 3.71. The Hall–Kier alpha value is -4.88. The van der Waals surface area contributed by atoms with E-state index in [1.807, 2.05) is 60.7 Å². The van der Waals surface area contributed by atoms with Gasteiger partial charge >= 0.3 is 0 Å². The maximum Gasteiger partial charge on any atom is 0.261 e. The molecular formula is C28H20BrN7O2. The van der Waals surface area contributed by atoms with Crippen LogP contribution in [0.15, 0.2) is 87.5 Å². The van der Waals surface area contributed by atoms with Crippen molar-refractivity contribution in [1.82, 2.24) is 9.88 Å². The minimum absolute atomic E-state index is 0.257. The van der Waals surface area contributed by atoms with Gasteiger partial charge in [0.05, 0.1) is 16.7 Å². The van der Waals surface area contributed by atoms with Crippen molar-refractivity contribution in [3.63, 3.8) is 0 Å². The normalized spacial score (nSPS) is 12.5. The van der Waals surface area contributed by atoms with Crippen LogP contribution in [0.3, 0.4) is 0 Å². The number of imide groups is 1. The summed E-state index contributed by atoms with van der Waals surface area (Å²) in [7, 11) is 1.44. The number of benzene rings is 3. The average molecular weight is 566 g/mol. The number of carbonyl (C=O) groups excluding carboxylic acids is 2. The maximum absolute atomic E-state index is 12.5. The number of nitrogens with zero attached hydrogens (tertiary/aromatic N) is 5. The van der Waals surface area contributed by atoms with Gasteiger partial charge < -0.3 is 10.6 Å². The smallest absolute Gasteiger partial charge is 0.261 e. The number of hydrogen-bond acceptors (Lipinski definition) is 8. The van der Waals surface area contributed by atoms with Crippen LogP contribution in [-0.4, -0.2) is 28.7 Å². The lowest BCUT2D eigenvalue weighted by molar-refractivity contribution is 0.0693. The lowest BCUT2D eigenvalue weighted by Gasteiger charge is -2.16. The van der Waals surface area contributed by atoms with Crippen LogP contribution < -0.4 is 10.6 Å². The minimum atomic E-state index is -0.402. The van der Waals surface area contributed by atoms with Crippen LogP contribution in [0.2, 0.25) is 0 Å². The molecule has 0 bridgehead atoms. The number of halogens is 1. The molecule has 4 aromatic rings. The highest BCUT2D eigenvalue weighted by Crippen LogP contribution is 2.39. The predicted octanol–water partition coefficient (Wildman–Crippen LogP) is 7.15. The zero-order valence-electron chi connectivity index (χ0n) is 20.4. The number of nitriles is 1.